The fourth-order valence-corrected chi connectivity index (χ4v) is 2.98. The third-order valence-corrected chi connectivity index (χ3v) is 4.42. The predicted molar refractivity (Wildman–Crippen MR) is 104 cm³/mol. The molecule has 0 spiro atoms. The first-order valence-corrected chi connectivity index (χ1v) is 9.47. The first-order valence-electron chi connectivity index (χ1n) is 9.47. The summed E-state index contributed by atoms with van der Waals surface area (Å²) in [5, 5.41) is 6.35. The second-order valence-electron chi connectivity index (χ2n) is 6.58. The lowest BCUT2D eigenvalue weighted by Crippen LogP contribution is -2.38. The van der Waals surface area contributed by atoms with E-state index in [1.165, 1.54) is 25.5 Å². The topological polar surface area (TPSA) is 72.0 Å². The van der Waals surface area contributed by atoms with Gasteiger partial charge in [0.25, 0.3) is 0 Å². The van der Waals surface area contributed by atoms with E-state index < -0.39 is 0 Å². The molecule has 1 saturated carbocycles. The number of nitrogens with one attached hydrogen (secondary N) is 2. The lowest BCUT2D eigenvalue weighted by Gasteiger charge is -2.17. The van der Waals surface area contributed by atoms with Crippen LogP contribution < -0.4 is 15.4 Å². The molecule has 0 saturated heterocycles. The number of guanidine groups is 1. The van der Waals surface area contributed by atoms with E-state index in [2.05, 4.69) is 45.5 Å². The van der Waals surface area contributed by atoms with Gasteiger partial charge >= 0.3 is 5.97 Å². The Bertz CT molecular complexity index is 610. The van der Waals surface area contributed by atoms with Gasteiger partial charge < -0.3 is 20.1 Å². The fraction of sp³-hybridized carbons (Fsp3) is 0.600. The molecular formula is C20H31N3O3. The molecule has 0 heterocycles. The number of rotatable bonds is 8. The molecular weight excluding hydrogens is 330 g/mol. The van der Waals surface area contributed by atoms with Crippen molar-refractivity contribution in [3.63, 3.8) is 0 Å². The first kappa shape index (κ1) is 20.1. The van der Waals surface area contributed by atoms with Crippen molar-refractivity contribution in [2.45, 2.75) is 58.6 Å². The van der Waals surface area contributed by atoms with Gasteiger partial charge in [0.05, 0.1) is 26.2 Å². The summed E-state index contributed by atoms with van der Waals surface area (Å²) in [5.74, 6) is 1.38. The molecule has 2 N–H and O–H groups in total. The third kappa shape index (κ3) is 6.58. The van der Waals surface area contributed by atoms with Crippen LogP contribution >= 0.6 is 0 Å². The van der Waals surface area contributed by atoms with E-state index in [9.17, 15) is 4.79 Å². The average molecular weight is 361 g/mol. The molecule has 26 heavy (non-hydrogen) atoms. The zero-order valence-electron chi connectivity index (χ0n) is 16.1. The SMILES string of the molecule is CCNC(=NCc1ccc(C)cc1OC1CCCC1)NCCC(=O)OC. The van der Waals surface area contributed by atoms with Crippen molar-refractivity contribution in [1.29, 1.82) is 0 Å². The van der Waals surface area contributed by atoms with Gasteiger partial charge in [0.15, 0.2) is 5.96 Å². The van der Waals surface area contributed by atoms with Crippen LogP contribution in [0, 0.1) is 6.92 Å². The highest BCUT2D eigenvalue weighted by Gasteiger charge is 2.18. The standard InChI is InChI=1S/C20H31N3O3/c1-4-21-20(22-12-11-19(24)25-3)23-14-16-10-9-15(2)13-18(16)26-17-7-5-6-8-17/h9-10,13,17H,4-8,11-12,14H2,1-3H3,(H2,21,22,23). The van der Waals surface area contributed by atoms with Crippen molar-refractivity contribution in [3.8, 4) is 5.75 Å². The summed E-state index contributed by atoms with van der Waals surface area (Å²) < 4.78 is 10.9. The van der Waals surface area contributed by atoms with Crippen LogP contribution in [-0.2, 0) is 16.1 Å². The van der Waals surface area contributed by atoms with Crippen LogP contribution in [0.25, 0.3) is 0 Å². The van der Waals surface area contributed by atoms with Crippen LogP contribution in [-0.4, -0.2) is 38.2 Å². The lowest BCUT2D eigenvalue weighted by molar-refractivity contribution is -0.140. The Morgan fingerprint density at radius 1 is 1.27 bits per heavy atom. The Labute approximate surface area is 156 Å². The smallest absolute Gasteiger partial charge is 0.307 e. The minimum Gasteiger partial charge on any atom is -0.490 e. The van der Waals surface area contributed by atoms with Crippen molar-refractivity contribution < 1.29 is 14.3 Å². The maximum absolute atomic E-state index is 11.2. The van der Waals surface area contributed by atoms with Gasteiger partial charge in [0.1, 0.15) is 5.75 Å². The number of benzene rings is 1. The minimum absolute atomic E-state index is 0.237. The normalized spacial score (nSPS) is 15.0. The summed E-state index contributed by atoms with van der Waals surface area (Å²) in [5.41, 5.74) is 2.27. The van der Waals surface area contributed by atoms with Gasteiger partial charge in [-0.05, 0) is 51.2 Å². The van der Waals surface area contributed by atoms with E-state index in [-0.39, 0.29) is 5.97 Å². The van der Waals surface area contributed by atoms with Crippen molar-refractivity contribution in [1.82, 2.24) is 10.6 Å². The van der Waals surface area contributed by atoms with Crippen molar-refractivity contribution >= 4 is 11.9 Å². The average Bonchev–Trinajstić information content (AvgIpc) is 3.13. The molecule has 0 unspecified atom stereocenters. The zero-order chi connectivity index (χ0) is 18.8. The Morgan fingerprint density at radius 3 is 2.73 bits per heavy atom. The molecule has 1 aliphatic carbocycles. The number of hydrogen-bond donors (Lipinski definition) is 2. The van der Waals surface area contributed by atoms with Crippen LogP contribution in [0.4, 0.5) is 0 Å². The molecule has 0 bridgehead atoms. The van der Waals surface area contributed by atoms with Gasteiger partial charge in [-0.1, -0.05) is 12.1 Å². The quantitative estimate of drug-likeness (QED) is 0.423. The maximum atomic E-state index is 11.2. The predicted octanol–water partition coefficient (Wildman–Crippen LogP) is 2.93. The van der Waals surface area contributed by atoms with Crippen LogP contribution in [0.1, 0.15) is 50.2 Å². The molecule has 0 aliphatic heterocycles. The number of carbonyl (C=O) groups excluding carboxylic acids is 1. The maximum Gasteiger partial charge on any atom is 0.307 e. The molecule has 1 fully saturated rings. The fourth-order valence-electron chi connectivity index (χ4n) is 2.98. The van der Waals surface area contributed by atoms with Crippen LogP contribution in [0.2, 0.25) is 0 Å². The number of ether oxygens (including phenoxy) is 2. The second-order valence-corrected chi connectivity index (χ2v) is 6.58. The Hall–Kier alpha value is -2.24. The highest BCUT2D eigenvalue weighted by Crippen LogP contribution is 2.28. The molecule has 6 nitrogen and oxygen atoms in total. The number of hydrogen-bond acceptors (Lipinski definition) is 4. The van der Waals surface area contributed by atoms with E-state index in [1.807, 2.05) is 6.92 Å². The number of nitrogens with zero attached hydrogens (tertiary/aromatic N) is 1. The molecule has 1 aliphatic rings. The lowest BCUT2D eigenvalue weighted by atomic mass is 10.1. The molecule has 2 rings (SSSR count). The summed E-state index contributed by atoms with van der Waals surface area (Å²) in [6.45, 7) is 5.85. The van der Waals surface area contributed by atoms with Gasteiger partial charge in [-0.2, -0.15) is 0 Å². The number of methoxy groups -OCH3 is 1. The van der Waals surface area contributed by atoms with E-state index in [4.69, 9.17) is 4.74 Å². The molecule has 0 aromatic heterocycles. The molecule has 0 atom stereocenters. The number of aryl methyl sites for hydroxylation is 1. The Morgan fingerprint density at radius 2 is 2.04 bits per heavy atom. The van der Waals surface area contributed by atoms with Crippen molar-refractivity contribution in [3.05, 3.63) is 29.3 Å². The van der Waals surface area contributed by atoms with Crippen LogP contribution in [0.5, 0.6) is 5.75 Å². The largest absolute Gasteiger partial charge is 0.490 e. The summed E-state index contributed by atoms with van der Waals surface area (Å²) in [7, 11) is 1.39. The van der Waals surface area contributed by atoms with Gasteiger partial charge in [-0.3, -0.25) is 4.79 Å². The number of esters is 1. The highest BCUT2D eigenvalue weighted by molar-refractivity contribution is 5.80. The van der Waals surface area contributed by atoms with E-state index >= 15 is 0 Å². The molecule has 144 valence electrons. The highest BCUT2D eigenvalue weighted by atomic mass is 16.5. The molecule has 0 amide bonds. The van der Waals surface area contributed by atoms with Crippen LogP contribution in [0.15, 0.2) is 23.2 Å². The van der Waals surface area contributed by atoms with Gasteiger partial charge in [0.2, 0.25) is 0 Å². The summed E-state index contributed by atoms with van der Waals surface area (Å²) in [4.78, 5) is 15.9. The monoisotopic (exact) mass is 361 g/mol. The van der Waals surface area contributed by atoms with E-state index in [0.29, 0.717) is 31.6 Å². The molecule has 0 radical (unpaired) electrons. The first-order chi connectivity index (χ1) is 12.6. The number of aliphatic imine (C=N–C) groups is 1. The molecule has 1 aromatic carbocycles. The summed E-state index contributed by atoms with van der Waals surface area (Å²) in [6.07, 6.45) is 5.40. The zero-order valence-corrected chi connectivity index (χ0v) is 16.1. The minimum atomic E-state index is -0.237. The van der Waals surface area contributed by atoms with Crippen molar-refractivity contribution in [2.24, 2.45) is 4.99 Å². The van der Waals surface area contributed by atoms with Crippen LogP contribution in [0.3, 0.4) is 0 Å². The van der Waals surface area contributed by atoms with E-state index in [1.54, 1.807) is 0 Å². The number of carbonyl (C=O) groups is 1. The summed E-state index contributed by atoms with van der Waals surface area (Å²) in [6, 6.07) is 6.27. The molecule has 1 aromatic rings. The van der Waals surface area contributed by atoms with Gasteiger partial charge in [-0.25, -0.2) is 4.99 Å². The van der Waals surface area contributed by atoms with E-state index in [0.717, 1.165) is 30.7 Å². The molecule has 6 heteroatoms. The summed E-state index contributed by atoms with van der Waals surface area (Å²) >= 11 is 0. The van der Waals surface area contributed by atoms with Gasteiger partial charge in [0, 0.05) is 18.7 Å². The third-order valence-electron chi connectivity index (χ3n) is 4.42. The Balaban J connectivity index is 2.01. The Kier molecular flexibility index (Phi) is 8.25. The van der Waals surface area contributed by atoms with Crippen molar-refractivity contribution in [2.75, 3.05) is 20.2 Å². The van der Waals surface area contributed by atoms with Gasteiger partial charge in [-0.15, -0.1) is 0 Å². The second kappa shape index (κ2) is 10.7.